The number of amides is 4. The van der Waals surface area contributed by atoms with Gasteiger partial charge in [-0.1, -0.05) is 30.3 Å². The Morgan fingerprint density at radius 2 is 1.87 bits per heavy atom. The molecule has 9 heteroatoms. The molecule has 0 saturated carbocycles. The Hall–Kier alpha value is -4.01. The molecule has 4 amide bonds. The SMILES string of the molecule is Cn1cc(-c2ccc([C@]3(CN4Cc5ccc(F)cc5C4=O)NC(=O)NC3=O)cc2)cn1. The summed E-state index contributed by atoms with van der Waals surface area (Å²) in [7, 11) is 1.82. The summed E-state index contributed by atoms with van der Waals surface area (Å²) < 4.78 is 15.3. The molecule has 1 aromatic heterocycles. The highest BCUT2D eigenvalue weighted by Crippen LogP contribution is 2.32. The van der Waals surface area contributed by atoms with Crippen molar-refractivity contribution in [2.45, 2.75) is 12.1 Å². The Bertz CT molecular complexity index is 1240. The van der Waals surface area contributed by atoms with E-state index in [9.17, 15) is 18.8 Å². The zero-order chi connectivity index (χ0) is 21.8. The average molecular weight is 419 g/mol. The standard InChI is InChI=1S/C22H18FN5O3/c1-27-10-15(9-24-27)13-2-5-16(6-3-13)22(20(30)25-21(31)26-22)12-28-11-14-4-7-17(23)8-18(14)19(28)29/h2-10H,11-12H2,1H3,(H2,25,26,30,31)/t22-/m0/s1. The molecule has 31 heavy (non-hydrogen) atoms. The number of benzene rings is 2. The van der Waals surface area contributed by atoms with E-state index >= 15 is 0 Å². The van der Waals surface area contributed by atoms with E-state index < -0.39 is 23.3 Å². The molecule has 3 heterocycles. The van der Waals surface area contributed by atoms with Crippen LogP contribution in [0.1, 0.15) is 21.5 Å². The number of aromatic nitrogens is 2. The normalized spacial score (nSPS) is 20.1. The van der Waals surface area contributed by atoms with Crippen molar-refractivity contribution in [3.8, 4) is 11.1 Å². The molecule has 2 N–H and O–H groups in total. The molecular formula is C22H18FN5O3. The Morgan fingerprint density at radius 1 is 1.10 bits per heavy atom. The van der Waals surface area contributed by atoms with E-state index in [1.807, 2.05) is 25.4 Å². The predicted octanol–water partition coefficient (Wildman–Crippen LogP) is 1.92. The third-order valence-electron chi connectivity index (χ3n) is 5.74. The molecule has 156 valence electrons. The topological polar surface area (TPSA) is 96.3 Å². The van der Waals surface area contributed by atoms with Gasteiger partial charge in [0.2, 0.25) is 0 Å². The van der Waals surface area contributed by atoms with Crippen molar-refractivity contribution in [2.24, 2.45) is 7.05 Å². The lowest BCUT2D eigenvalue weighted by Gasteiger charge is -2.31. The summed E-state index contributed by atoms with van der Waals surface area (Å²) in [5, 5.41) is 9.13. The number of carbonyl (C=O) groups excluding carboxylic acids is 3. The molecular weight excluding hydrogens is 401 g/mol. The first-order chi connectivity index (χ1) is 14.9. The second kappa shape index (κ2) is 6.76. The highest BCUT2D eigenvalue weighted by molar-refractivity contribution is 6.08. The molecule has 1 atom stereocenters. The number of imide groups is 1. The molecule has 2 aliphatic heterocycles. The number of rotatable bonds is 4. The Labute approximate surface area is 176 Å². The van der Waals surface area contributed by atoms with Crippen molar-refractivity contribution >= 4 is 17.8 Å². The number of fused-ring (bicyclic) bond motifs is 1. The average Bonchev–Trinajstić information content (AvgIpc) is 3.39. The van der Waals surface area contributed by atoms with Crippen molar-refractivity contribution in [2.75, 3.05) is 6.54 Å². The van der Waals surface area contributed by atoms with Gasteiger partial charge in [0.25, 0.3) is 11.8 Å². The predicted molar refractivity (Wildman–Crippen MR) is 108 cm³/mol. The largest absolute Gasteiger partial charge is 0.331 e. The minimum Gasteiger partial charge on any atom is -0.331 e. The molecule has 0 radical (unpaired) electrons. The monoisotopic (exact) mass is 419 g/mol. The maximum atomic E-state index is 13.6. The number of nitrogens with zero attached hydrogens (tertiary/aromatic N) is 3. The summed E-state index contributed by atoms with van der Waals surface area (Å²) in [5.74, 6) is -1.42. The minimum absolute atomic E-state index is 0.0774. The van der Waals surface area contributed by atoms with Gasteiger partial charge in [-0.3, -0.25) is 19.6 Å². The van der Waals surface area contributed by atoms with Gasteiger partial charge in [0.15, 0.2) is 5.54 Å². The molecule has 0 aliphatic carbocycles. The van der Waals surface area contributed by atoms with Crippen LogP contribution in [-0.2, 0) is 23.9 Å². The fourth-order valence-electron chi connectivity index (χ4n) is 4.16. The van der Waals surface area contributed by atoms with Gasteiger partial charge in [-0.05, 0) is 28.8 Å². The molecule has 2 aliphatic rings. The zero-order valence-electron chi connectivity index (χ0n) is 16.6. The fraction of sp³-hybridized carbons (Fsp3) is 0.182. The quantitative estimate of drug-likeness (QED) is 0.632. The highest BCUT2D eigenvalue weighted by atomic mass is 19.1. The van der Waals surface area contributed by atoms with Crippen LogP contribution in [0.25, 0.3) is 11.1 Å². The summed E-state index contributed by atoms with van der Waals surface area (Å²) in [6.45, 7) is 0.152. The van der Waals surface area contributed by atoms with Crippen LogP contribution in [0.5, 0.6) is 0 Å². The molecule has 0 spiro atoms. The van der Waals surface area contributed by atoms with Gasteiger partial charge in [0.1, 0.15) is 5.82 Å². The van der Waals surface area contributed by atoms with Crippen LogP contribution in [0.3, 0.4) is 0 Å². The first kappa shape index (κ1) is 19.0. The summed E-state index contributed by atoms with van der Waals surface area (Å²) in [6.07, 6.45) is 3.60. The van der Waals surface area contributed by atoms with Crippen molar-refractivity contribution in [1.82, 2.24) is 25.3 Å². The second-order valence-electron chi connectivity index (χ2n) is 7.76. The number of aryl methyl sites for hydroxylation is 1. The van der Waals surface area contributed by atoms with E-state index in [0.717, 1.165) is 11.1 Å². The van der Waals surface area contributed by atoms with Crippen LogP contribution in [-0.4, -0.2) is 39.1 Å². The maximum Gasteiger partial charge on any atom is 0.322 e. The third kappa shape index (κ3) is 3.05. The Morgan fingerprint density at radius 3 is 2.52 bits per heavy atom. The molecule has 5 rings (SSSR count). The van der Waals surface area contributed by atoms with Gasteiger partial charge < -0.3 is 10.2 Å². The fourth-order valence-corrected chi connectivity index (χ4v) is 4.16. The molecule has 0 unspecified atom stereocenters. The van der Waals surface area contributed by atoms with Crippen LogP contribution < -0.4 is 10.6 Å². The van der Waals surface area contributed by atoms with Crippen LogP contribution in [0.2, 0.25) is 0 Å². The Kier molecular flexibility index (Phi) is 4.14. The van der Waals surface area contributed by atoms with Crippen molar-refractivity contribution < 1.29 is 18.8 Å². The van der Waals surface area contributed by atoms with Gasteiger partial charge in [0.05, 0.1) is 12.7 Å². The van der Waals surface area contributed by atoms with Crippen molar-refractivity contribution in [1.29, 1.82) is 0 Å². The molecule has 3 aromatic rings. The highest BCUT2D eigenvalue weighted by Gasteiger charge is 2.50. The maximum absolute atomic E-state index is 13.6. The number of urea groups is 1. The van der Waals surface area contributed by atoms with Gasteiger partial charge in [-0.15, -0.1) is 0 Å². The van der Waals surface area contributed by atoms with Gasteiger partial charge in [-0.2, -0.15) is 5.10 Å². The second-order valence-corrected chi connectivity index (χ2v) is 7.76. The number of nitrogens with one attached hydrogen (secondary N) is 2. The zero-order valence-corrected chi connectivity index (χ0v) is 16.6. The van der Waals surface area contributed by atoms with Crippen molar-refractivity contribution in [3.05, 3.63) is 77.4 Å². The third-order valence-corrected chi connectivity index (χ3v) is 5.74. The smallest absolute Gasteiger partial charge is 0.322 e. The Balaban J connectivity index is 1.49. The van der Waals surface area contributed by atoms with E-state index in [0.29, 0.717) is 11.1 Å². The molecule has 8 nitrogen and oxygen atoms in total. The lowest BCUT2D eigenvalue weighted by Crippen LogP contribution is -2.52. The molecule has 0 bridgehead atoms. The number of hydrogen-bond donors (Lipinski definition) is 2. The molecule has 2 aromatic carbocycles. The van der Waals surface area contributed by atoms with Crippen LogP contribution in [0.15, 0.2) is 54.9 Å². The summed E-state index contributed by atoms with van der Waals surface area (Å²) in [4.78, 5) is 39.2. The number of carbonyl (C=O) groups is 3. The molecule has 1 saturated heterocycles. The van der Waals surface area contributed by atoms with Crippen LogP contribution >= 0.6 is 0 Å². The van der Waals surface area contributed by atoms with E-state index in [1.165, 1.54) is 17.0 Å². The van der Waals surface area contributed by atoms with E-state index in [4.69, 9.17) is 0 Å². The lowest BCUT2D eigenvalue weighted by molar-refractivity contribution is -0.124. The number of hydrogen-bond acceptors (Lipinski definition) is 4. The van der Waals surface area contributed by atoms with Gasteiger partial charge in [-0.25, -0.2) is 9.18 Å². The van der Waals surface area contributed by atoms with E-state index in [1.54, 1.807) is 29.1 Å². The first-order valence-electron chi connectivity index (χ1n) is 9.66. The van der Waals surface area contributed by atoms with E-state index in [-0.39, 0.29) is 24.6 Å². The molecule has 1 fully saturated rings. The lowest BCUT2D eigenvalue weighted by atomic mass is 9.88. The van der Waals surface area contributed by atoms with Crippen molar-refractivity contribution in [3.63, 3.8) is 0 Å². The summed E-state index contributed by atoms with van der Waals surface area (Å²) >= 11 is 0. The minimum atomic E-state index is -1.44. The summed E-state index contributed by atoms with van der Waals surface area (Å²) in [5.41, 5.74) is 1.86. The summed E-state index contributed by atoms with van der Waals surface area (Å²) in [6, 6.07) is 10.6. The van der Waals surface area contributed by atoms with Gasteiger partial charge in [0, 0.05) is 30.9 Å². The number of halogens is 1. The first-order valence-corrected chi connectivity index (χ1v) is 9.66. The van der Waals surface area contributed by atoms with E-state index in [2.05, 4.69) is 15.7 Å². The van der Waals surface area contributed by atoms with Crippen LogP contribution in [0.4, 0.5) is 9.18 Å². The van der Waals surface area contributed by atoms with Gasteiger partial charge >= 0.3 is 6.03 Å². The van der Waals surface area contributed by atoms with Crippen LogP contribution in [0, 0.1) is 5.82 Å².